The first-order valence-corrected chi connectivity index (χ1v) is 13.5. The molecule has 7 amide bonds. The third-order valence-electron chi connectivity index (χ3n) is 5.88. The number of rotatable bonds is 20. The van der Waals surface area contributed by atoms with Crippen LogP contribution in [0.3, 0.4) is 0 Å². The van der Waals surface area contributed by atoms with Crippen LogP contribution in [0.1, 0.15) is 31.2 Å². The van der Waals surface area contributed by atoms with Gasteiger partial charge in [-0.25, -0.2) is 0 Å². The summed E-state index contributed by atoms with van der Waals surface area (Å²) in [6.45, 7) is -1.43. The van der Waals surface area contributed by atoms with E-state index in [4.69, 9.17) is 15.9 Å². The van der Waals surface area contributed by atoms with Crippen molar-refractivity contribution in [3.05, 3.63) is 30.1 Å². The third kappa shape index (κ3) is 15.8. The van der Waals surface area contributed by atoms with Crippen LogP contribution in [0.25, 0.3) is 0 Å². The van der Waals surface area contributed by atoms with Crippen LogP contribution in [0.4, 0.5) is 0 Å². The van der Waals surface area contributed by atoms with Gasteiger partial charge in [-0.3, -0.25) is 43.3 Å². The van der Waals surface area contributed by atoms with Gasteiger partial charge < -0.3 is 47.4 Å². The normalized spacial score (nSPS) is 11.7. The maximum absolute atomic E-state index is 13.1. The Balaban J connectivity index is 2.78. The molecule has 0 unspecified atom stereocenters. The Kier molecular flexibility index (Phi) is 16.7. The number of nitrogens with two attached hydrogens (primary N) is 1. The Labute approximate surface area is 252 Å². The first-order chi connectivity index (χ1) is 20.8. The number of hydrogen-bond acceptors (Lipinski definition) is 10. The smallest absolute Gasteiger partial charge is 0.303 e. The van der Waals surface area contributed by atoms with Crippen LogP contribution in [0.2, 0.25) is 0 Å². The summed E-state index contributed by atoms with van der Waals surface area (Å²) in [7, 11) is 1.38. The zero-order valence-corrected chi connectivity index (χ0v) is 24.2. The molecule has 0 fully saturated rings. The molecule has 0 aliphatic heterocycles. The number of hydrogen-bond donors (Lipinski definition) is 8. The Hall–Kier alpha value is -5.13. The summed E-state index contributed by atoms with van der Waals surface area (Å²) in [5.74, 6) is -6.12. The van der Waals surface area contributed by atoms with Crippen molar-refractivity contribution in [1.82, 2.24) is 36.5 Å². The number of aromatic nitrogens is 1. The fourth-order valence-corrected chi connectivity index (χ4v) is 3.51. The molecule has 0 aliphatic rings. The highest BCUT2D eigenvalue weighted by Crippen LogP contribution is 2.02. The Bertz CT molecular complexity index is 1180. The number of aliphatic carboxylic acids is 1. The van der Waals surface area contributed by atoms with Gasteiger partial charge in [-0.05, 0) is 24.1 Å². The second-order valence-electron chi connectivity index (χ2n) is 9.46. The quantitative estimate of drug-likeness (QED) is 0.0642. The molecule has 1 aromatic rings. The molecule has 0 bridgehead atoms. The minimum absolute atomic E-state index is 0.0645. The van der Waals surface area contributed by atoms with E-state index >= 15 is 0 Å². The van der Waals surface area contributed by atoms with Crippen molar-refractivity contribution in [3.63, 3.8) is 0 Å². The average molecular weight is 623 g/mol. The van der Waals surface area contributed by atoms with Crippen molar-refractivity contribution in [2.75, 3.05) is 39.8 Å². The van der Waals surface area contributed by atoms with Gasteiger partial charge in [0.05, 0.1) is 25.8 Å². The number of nitrogens with zero attached hydrogens (tertiary/aromatic N) is 2. The molecule has 0 spiro atoms. The van der Waals surface area contributed by atoms with Crippen LogP contribution in [0.15, 0.2) is 24.5 Å². The summed E-state index contributed by atoms with van der Waals surface area (Å²) in [5, 5.41) is 29.7. The minimum Gasteiger partial charge on any atom is -0.481 e. The van der Waals surface area contributed by atoms with E-state index in [0.29, 0.717) is 5.56 Å². The molecule has 0 saturated heterocycles. The van der Waals surface area contributed by atoms with E-state index < -0.39 is 79.0 Å². The number of nitrogens with one attached hydrogen (secondary N) is 5. The molecule has 0 aliphatic carbocycles. The first kappa shape index (κ1) is 36.9. The highest BCUT2D eigenvalue weighted by Gasteiger charge is 2.28. The Morgan fingerprint density at radius 1 is 0.864 bits per heavy atom. The number of carbonyl (C=O) groups is 8. The van der Waals surface area contributed by atoms with Gasteiger partial charge in [-0.15, -0.1) is 0 Å². The van der Waals surface area contributed by atoms with E-state index in [9.17, 15) is 38.4 Å². The number of carbonyl (C=O) groups excluding carboxylic acids is 7. The molecule has 44 heavy (non-hydrogen) atoms. The zero-order chi connectivity index (χ0) is 33.1. The lowest BCUT2D eigenvalue weighted by molar-refractivity contribution is -0.139. The lowest BCUT2D eigenvalue weighted by atomic mass is 10.1. The molecule has 18 nitrogen and oxygen atoms in total. The topological polar surface area (TPSA) is 279 Å². The summed E-state index contributed by atoms with van der Waals surface area (Å²) in [5.41, 5.74) is 5.86. The summed E-state index contributed by atoms with van der Waals surface area (Å²) in [6, 6.07) is 0.495. The van der Waals surface area contributed by atoms with E-state index in [1.54, 1.807) is 12.1 Å². The van der Waals surface area contributed by atoms with Gasteiger partial charge in [-0.1, -0.05) is 0 Å². The van der Waals surface area contributed by atoms with Crippen LogP contribution in [0.5, 0.6) is 0 Å². The third-order valence-corrected chi connectivity index (χ3v) is 5.88. The monoisotopic (exact) mass is 622 g/mol. The number of amides is 7. The number of carboxylic acids is 1. The molecule has 242 valence electrons. The standard InChI is InChI=1S/C26H38N8O10/c1-34(23(40)15-35)11-6-17(25(43)30-10-9-29-22(39)14-31-20(37)2-3-24(41)42)33-26(44)18(13-19(27)36)32-21(38)12-16-4-7-28-8-5-16/h4-5,7-8,17-18,35H,2-3,6,9-15H2,1H3,(H2,27,36)(H,29,39)(H,30,43)(H,31,37)(H,32,38)(H,33,44)(H,41,42)/t17-,18-/m0/s1. The molecule has 1 heterocycles. The molecule has 1 aromatic heterocycles. The van der Waals surface area contributed by atoms with Crippen LogP contribution in [-0.2, 0) is 44.8 Å². The average Bonchev–Trinajstić information content (AvgIpc) is 2.98. The Morgan fingerprint density at radius 3 is 2.14 bits per heavy atom. The van der Waals surface area contributed by atoms with E-state index in [-0.39, 0.29) is 45.3 Å². The van der Waals surface area contributed by atoms with Gasteiger partial charge in [-0.2, -0.15) is 0 Å². The first-order valence-electron chi connectivity index (χ1n) is 13.5. The lowest BCUT2D eigenvalue weighted by Gasteiger charge is -2.24. The van der Waals surface area contributed by atoms with Gasteiger partial charge in [0.1, 0.15) is 18.7 Å². The SMILES string of the molecule is CN(CC[C@H](NC(=O)[C@H](CC(N)=O)NC(=O)Cc1ccncc1)C(=O)NCCNC(=O)CNC(=O)CCC(=O)O)C(=O)CO. The molecular weight excluding hydrogens is 584 g/mol. The van der Waals surface area contributed by atoms with Gasteiger partial charge in [0.25, 0.3) is 0 Å². The summed E-state index contributed by atoms with van der Waals surface area (Å²) >= 11 is 0. The number of aliphatic hydroxyl groups excluding tert-OH is 1. The van der Waals surface area contributed by atoms with E-state index in [1.807, 2.05) is 0 Å². The summed E-state index contributed by atoms with van der Waals surface area (Å²) in [4.78, 5) is 101. The van der Waals surface area contributed by atoms with Gasteiger partial charge in [0.2, 0.25) is 41.4 Å². The predicted molar refractivity (Wildman–Crippen MR) is 151 cm³/mol. The van der Waals surface area contributed by atoms with Crippen LogP contribution >= 0.6 is 0 Å². The zero-order valence-electron chi connectivity index (χ0n) is 24.2. The van der Waals surface area contributed by atoms with Crippen molar-refractivity contribution in [3.8, 4) is 0 Å². The molecular formula is C26H38N8O10. The van der Waals surface area contributed by atoms with E-state index in [2.05, 4.69) is 31.6 Å². The van der Waals surface area contributed by atoms with Crippen LogP contribution in [-0.4, -0.2) is 119 Å². The number of pyridine rings is 1. The molecule has 2 atom stereocenters. The van der Waals surface area contributed by atoms with Crippen molar-refractivity contribution in [2.24, 2.45) is 5.73 Å². The highest BCUT2D eigenvalue weighted by molar-refractivity contribution is 5.95. The molecule has 1 rings (SSSR count). The number of primary amides is 1. The second-order valence-corrected chi connectivity index (χ2v) is 9.46. The summed E-state index contributed by atoms with van der Waals surface area (Å²) in [6.07, 6.45) is 1.47. The van der Waals surface area contributed by atoms with Gasteiger partial charge >= 0.3 is 5.97 Å². The van der Waals surface area contributed by atoms with E-state index in [0.717, 1.165) is 4.90 Å². The minimum atomic E-state index is -1.42. The molecule has 0 radical (unpaired) electrons. The Morgan fingerprint density at radius 2 is 1.52 bits per heavy atom. The predicted octanol–water partition coefficient (Wildman–Crippen LogP) is -4.48. The fourth-order valence-electron chi connectivity index (χ4n) is 3.51. The number of likely N-dealkylation sites (N-methyl/N-ethyl adjacent to an activating group) is 1. The summed E-state index contributed by atoms with van der Waals surface area (Å²) < 4.78 is 0. The van der Waals surface area contributed by atoms with Crippen LogP contribution < -0.4 is 32.3 Å². The lowest BCUT2D eigenvalue weighted by Crippen LogP contribution is -2.55. The van der Waals surface area contributed by atoms with Gasteiger partial charge in [0, 0.05) is 45.5 Å². The molecule has 9 N–H and O–H groups in total. The maximum atomic E-state index is 13.1. The second kappa shape index (κ2) is 19.9. The number of carboxylic acid groups (broad SMARTS) is 1. The van der Waals surface area contributed by atoms with Crippen molar-refractivity contribution >= 4 is 47.3 Å². The van der Waals surface area contributed by atoms with Crippen molar-refractivity contribution in [2.45, 2.75) is 44.2 Å². The highest BCUT2D eigenvalue weighted by atomic mass is 16.4. The molecule has 0 aromatic carbocycles. The van der Waals surface area contributed by atoms with Gasteiger partial charge in [0.15, 0.2) is 0 Å². The molecule has 18 heteroatoms. The van der Waals surface area contributed by atoms with E-state index in [1.165, 1.54) is 19.4 Å². The molecule has 0 saturated carbocycles. The van der Waals surface area contributed by atoms with Crippen molar-refractivity contribution < 1.29 is 48.6 Å². The fraction of sp³-hybridized carbons (Fsp3) is 0.500. The number of aliphatic hydroxyl groups is 1. The van der Waals surface area contributed by atoms with Crippen molar-refractivity contribution in [1.29, 1.82) is 0 Å². The van der Waals surface area contributed by atoms with Crippen LogP contribution in [0, 0.1) is 0 Å². The largest absolute Gasteiger partial charge is 0.481 e. The maximum Gasteiger partial charge on any atom is 0.303 e.